The van der Waals surface area contributed by atoms with Gasteiger partial charge in [0.15, 0.2) is 5.58 Å². The van der Waals surface area contributed by atoms with Crippen LogP contribution >= 0.6 is 11.3 Å². The number of nitriles is 1. The Kier molecular flexibility index (Phi) is 5.51. The normalized spacial score (nSPS) is 11.8. The molecule has 0 unspecified atom stereocenters. The number of benzene rings is 7. The molecule has 0 spiro atoms. The van der Waals surface area contributed by atoms with Crippen LogP contribution in [0.25, 0.3) is 91.9 Å². The van der Waals surface area contributed by atoms with Crippen molar-refractivity contribution in [2.45, 2.75) is 0 Å². The van der Waals surface area contributed by atoms with E-state index < -0.39 is 0 Å². The van der Waals surface area contributed by atoms with E-state index in [0.717, 1.165) is 66.1 Å². The number of furan rings is 1. The van der Waals surface area contributed by atoms with Crippen molar-refractivity contribution in [2.75, 3.05) is 0 Å². The first-order chi connectivity index (χ1) is 23.3. The summed E-state index contributed by atoms with van der Waals surface area (Å²) in [5, 5.41) is 16.6. The van der Waals surface area contributed by atoms with E-state index >= 15 is 0 Å². The molecule has 0 radical (unpaired) electrons. The van der Waals surface area contributed by atoms with E-state index in [-0.39, 0.29) is 0 Å². The van der Waals surface area contributed by atoms with Gasteiger partial charge in [0.25, 0.3) is 0 Å². The van der Waals surface area contributed by atoms with Gasteiger partial charge in [0.05, 0.1) is 28.4 Å². The molecule has 47 heavy (non-hydrogen) atoms. The standard InChI is InChI=1S/C43H24N2OS/c44-25-26-17-22-37-35(23-26)31-11-4-6-14-36(31)45(37)38-15-8-13-34-41-29(20-21-30(43(41)46-42(34)38)27-9-2-1-3-10-27)28-18-19-33-32-12-5-7-16-39(32)47-40(33)24-28/h1-24H. The topological polar surface area (TPSA) is 41.9 Å². The molecule has 0 aliphatic rings. The molecule has 4 heteroatoms. The summed E-state index contributed by atoms with van der Waals surface area (Å²) >= 11 is 1.84. The van der Waals surface area contributed by atoms with E-state index in [4.69, 9.17) is 4.42 Å². The van der Waals surface area contributed by atoms with E-state index in [2.05, 4.69) is 138 Å². The minimum atomic E-state index is 0.648. The summed E-state index contributed by atoms with van der Waals surface area (Å²) in [5.41, 5.74) is 9.94. The molecule has 0 saturated carbocycles. The summed E-state index contributed by atoms with van der Waals surface area (Å²) in [5.74, 6) is 0. The van der Waals surface area contributed by atoms with Crippen LogP contribution in [0.5, 0.6) is 0 Å². The fourth-order valence-corrected chi connectivity index (χ4v) is 8.49. The lowest BCUT2D eigenvalue weighted by atomic mass is 9.94. The Morgan fingerprint density at radius 2 is 1.26 bits per heavy atom. The smallest absolute Gasteiger partial charge is 0.159 e. The maximum absolute atomic E-state index is 9.68. The van der Waals surface area contributed by atoms with Gasteiger partial charge in [-0.25, -0.2) is 0 Å². The SMILES string of the molecule is N#Cc1ccc2c(c1)c1ccccc1n2-c1cccc2c1oc1c(-c3ccccc3)ccc(-c3ccc4c(c3)sc3ccccc34)c12. The van der Waals surface area contributed by atoms with Crippen molar-refractivity contribution in [3.63, 3.8) is 0 Å². The highest BCUT2D eigenvalue weighted by Crippen LogP contribution is 2.45. The Bertz CT molecular complexity index is 2920. The maximum Gasteiger partial charge on any atom is 0.159 e. The lowest BCUT2D eigenvalue weighted by Gasteiger charge is -2.09. The fourth-order valence-electron chi connectivity index (χ4n) is 7.34. The number of hydrogen-bond donors (Lipinski definition) is 0. The van der Waals surface area contributed by atoms with Crippen LogP contribution in [0.3, 0.4) is 0 Å². The van der Waals surface area contributed by atoms with Crippen molar-refractivity contribution in [1.82, 2.24) is 4.57 Å². The van der Waals surface area contributed by atoms with Crippen molar-refractivity contribution in [2.24, 2.45) is 0 Å². The summed E-state index contributed by atoms with van der Waals surface area (Å²) in [4.78, 5) is 0. The third kappa shape index (κ3) is 3.78. The summed E-state index contributed by atoms with van der Waals surface area (Å²) in [7, 11) is 0. The quantitative estimate of drug-likeness (QED) is 0.198. The molecule has 7 aromatic carbocycles. The van der Waals surface area contributed by atoms with Crippen LogP contribution in [0.2, 0.25) is 0 Å². The van der Waals surface area contributed by atoms with Crippen LogP contribution in [-0.2, 0) is 0 Å². The summed E-state index contributed by atoms with van der Waals surface area (Å²) in [6.07, 6.45) is 0. The predicted octanol–water partition coefficient (Wildman–Crippen LogP) is 12.3. The number of hydrogen-bond acceptors (Lipinski definition) is 3. The van der Waals surface area contributed by atoms with E-state index in [1.807, 2.05) is 29.5 Å². The second-order valence-corrected chi connectivity index (χ2v) is 13.1. The Labute approximate surface area is 273 Å². The summed E-state index contributed by atoms with van der Waals surface area (Å²) in [6.45, 7) is 0. The van der Waals surface area contributed by atoms with Gasteiger partial charge in [-0.15, -0.1) is 11.3 Å². The van der Waals surface area contributed by atoms with Crippen LogP contribution in [0.1, 0.15) is 5.56 Å². The largest absolute Gasteiger partial charge is 0.453 e. The van der Waals surface area contributed by atoms with Crippen molar-refractivity contribution in [3.05, 3.63) is 151 Å². The molecule has 10 aromatic rings. The summed E-state index contributed by atoms with van der Waals surface area (Å²) in [6, 6.07) is 53.5. The first kappa shape index (κ1) is 26.1. The van der Waals surface area contributed by atoms with Gasteiger partial charge in [-0.3, -0.25) is 0 Å². The Morgan fingerprint density at radius 1 is 0.511 bits per heavy atom. The molecule has 0 aliphatic carbocycles. The van der Waals surface area contributed by atoms with Crippen molar-refractivity contribution in [3.8, 4) is 34.0 Å². The molecule has 0 bridgehead atoms. The number of aromatic nitrogens is 1. The van der Waals surface area contributed by atoms with Crippen molar-refractivity contribution in [1.29, 1.82) is 5.26 Å². The Morgan fingerprint density at radius 3 is 2.15 bits per heavy atom. The van der Waals surface area contributed by atoms with Gasteiger partial charge < -0.3 is 8.98 Å². The molecule has 0 N–H and O–H groups in total. The minimum Gasteiger partial charge on any atom is -0.453 e. The third-order valence-corrected chi connectivity index (χ3v) is 10.6. The maximum atomic E-state index is 9.68. The van der Waals surface area contributed by atoms with Gasteiger partial charge in [-0.1, -0.05) is 97.1 Å². The molecular weight excluding hydrogens is 593 g/mol. The number of thiophene rings is 1. The highest BCUT2D eigenvalue weighted by molar-refractivity contribution is 7.25. The molecule has 3 heterocycles. The van der Waals surface area contributed by atoms with Gasteiger partial charge in [-0.2, -0.15) is 5.26 Å². The summed E-state index contributed by atoms with van der Waals surface area (Å²) < 4.78 is 11.9. The average molecular weight is 617 g/mol. The van der Waals surface area contributed by atoms with Crippen LogP contribution in [0.15, 0.2) is 150 Å². The first-order valence-electron chi connectivity index (χ1n) is 15.7. The zero-order valence-electron chi connectivity index (χ0n) is 25.1. The van der Waals surface area contributed by atoms with Crippen LogP contribution in [0.4, 0.5) is 0 Å². The van der Waals surface area contributed by atoms with Crippen molar-refractivity contribution < 1.29 is 4.42 Å². The fraction of sp³-hybridized carbons (Fsp3) is 0. The first-order valence-corrected chi connectivity index (χ1v) is 16.5. The van der Waals surface area contributed by atoms with Crippen LogP contribution in [-0.4, -0.2) is 4.57 Å². The van der Waals surface area contributed by atoms with E-state index in [1.54, 1.807) is 0 Å². The van der Waals surface area contributed by atoms with Gasteiger partial charge >= 0.3 is 0 Å². The van der Waals surface area contributed by atoms with Gasteiger partial charge in [-0.05, 0) is 65.2 Å². The monoisotopic (exact) mass is 616 g/mol. The average Bonchev–Trinajstić information content (AvgIpc) is 3.81. The molecule has 10 rings (SSSR count). The zero-order valence-corrected chi connectivity index (χ0v) is 25.9. The number of para-hydroxylation sites is 2. The molecule has 0 fully saturated rings. The minimum absolute atomic E-state index is 0.648. The Hall–Kier alpha value is -6.15. The Balaban J connectivity index is 1.30. The van der Waals surface area contributed by atoms with Gasteiger partial charge in [0, 0.05) is 47.3 Å². The highest BCUT2D eigenvalue weighted by Gasteiger charge is 2.22. The molecule has 3 aromatic heterocycles. The van der Waals surface area contributed by atoms with E-state index in [9.17, 15) is 5.26 Å². The van der Waals surface area contributed by atoms with Crippen LogP contribution < -0.4 is 0 Å². The number of fused-ring (bicyclic) bond motifs is 9. The zero-order chi connectivity index (χ0) is 31.1. The van der Waals surface area contributed by atoms with E-state index in [0.29, 0.717) is 5.56 Å². The lowest BCUT2D eigenvalue weighted by molar-refractivity contribution is 0.667. The molecule has 0 aliphatic heterocycles. The molecular formula is C43H24N2OS. The molecule has 218 valence electrons. The van der Waals surface area contributed by atoms with Gasteiger partial charge in [0.1, 0.15) is 5.58 Å². The van der Waals surface area contributed by atoms with Crippen molar-refractivity contribution >= 4 is 75.3 Å². The third-order valence-electron chi connectivity index (χ3n) is 9.44. The number of rotatable bonds is 3. The molecule has 0 atom stereocenters. The number of nitrogens with zero attached hydrogens (tertiary/aromatic N) is 2. The van der Waals surface area contributed by atoms with Crippen LogP contribution in [0, 0.1) is 11.3 Å². The van der Waals surface area contributed by atoms with E-state index in [1.165, 1.54) is 25.7 Å². The predicted molar refractivity (Wildman–Crippen MR) is 197 cm³/mol. The molecule has 0 amide bonds. The second kappa shape index (κ2) is 9.92. The second-order valence-electron chi connectivity index (χ2n) is 12.0. The lowest BCUT2D eigenvalue weighted by Crippen LogP contribution is -1.94. The molecule has 0 saturated heterocycles. The molecule has 3 nitrogen and oxygen atoms in total. The van der Waals surface area contributed by atoms with Gasteiger partial charge in [0.2, 0.25) is 0 Å². The highest BCUT2D eigenvalue weighted by atomic mass is 32.1.